The van der Waals surface area contributed by atoms with Gasteiger partial charge in [0.2, 0.25) is 15.9 Å². The number of rotatable bonds is 4. The molecule has 29 heavy (non-hydrogen) atoms. The number of methoxy groups -OCH3 is 1. The number of nitrogens with one attached hydrogen (secondary N) is 1. The van der Waals surface area contributed by atoms with Crippen molar-refractivity contribution in [1.82, 2.24) is 0 Å². The van der Waals surface area contributed by atoms with Gasteiger partial charge in [-0.1, -0.05) is 24.6 Å². The number of amides is 2. The van der Waals surface area contributed by atoms with E-state index < -0.39 is 33.7 Å². The van der Waals surface area contributed by atoms with Crippen LogP contribution in [0.15, 0.2) is 42.5 Å². The summed E-state index contributed by atoms with van der Waals surface area (Å²) in [6.07, 6.45) is 0. The van der Waals surface area contributed by atoms with Crippen molar-refractivity contribution in [3.05, 3.63) is 58.6 Å². The van der Waals surface area contributed by atoms with Gasteiger partial charge in [0.15, 0.2) is 0 Å². The first kappa shape index (κ1) is 20.8. The number of halogens is 1. The molecule has 2 aromatic rings. The van der Waals surface area contributed by atoms with Crippen molar-refractivity contribution >= 4 is 50.8 Å². The number of hydrogen-bond acceptors (Lipinski definition) is 6. The Morgan fingerprint density at radius 2 is 1.93 bits per heavy atom. The van der Waals surface area contributed by atoms with Crippen molar-refractivity contribution in [2.75, 3.05) is 22.5 Å². The minimum absolute atomic E-state index is 0.0216. The summed E-state index contributed by atoms with van der Waals surface area (Å²) in [7, 11) is -2.52. The maximum absolute atomic E-state index is 12.6. The molecular formula is C19H17ClN2O6S. The predicted octanol–water partition coefficient (Wildman–Crippen LogP) is 2.69. The van der Waals surface area contributed by atoms with Crippen molar-refractivity contribution in [2.24, 2.45) is 5.92 Å². The van der Waals surface area contributed by atoms with Gasteiger partial charge in [0.1, 0.15) is 0 Å². The Bertz CT molecular complexity index is 1120. The summed E-state index contributed by atoms with van der Waals surface area (Å²) in [5.41, 5.74) is 0.771. The van der Waals surface area contributed by atoms with Crippen LogP contribution in [0, 0.1) is 5.92 Å². The summed E-state index contributed by atoms with van der Waals surface area (Å²) in [5, 5.41) is 2.59. The Kier molecular flexibility index (Phi) is 5.63. The summed E-state index contributed by atoms with van der Waals surface area (Å²) in [4.78, 5) is 36.3. The average Bonchev–Trinajstić information content (AvgIpc) is 2.87. The lowest BCUT2D eigenvalue weighted by Gasteiger charge is -2.16. The first-order valence-corrected chi connectivity index (χ1v) is 10.5. The van der Waals surface area contributed by atoms with Crippen molar-refractivity contribution in [1.29, 1.82) is 0 Å². The Morgan fingerprint density at radius 3 is 2.52 bits per heavy atom. The summed E-state index contributed by atoms with van der Waals surface area (Å²) < 4.78 is 29.8. The quantitative estimate of drug-likeness (QED) is 0.738. The van der Waals surface area contributed by atoms with Crippen LogP contribution >= 0.6 is 11.6 Å². The predicted molar refractivity (Wildman–Crippen MR) is 108 cm³/mol. The van der Waals surface area contributed by atoms with Gasteiger partial charge in [-0.15, -0.1) is 0 Å². The minimum Gasteiger partial charge on any atom is -0.465 e. The number of carbonyl (C=O) groups excluding carboxylic acids is 3. The van der Waals surface area contributed by atoms with E-state index in [-0.39, 0.29) is 27.6 Å². The van der Waals surface area contributed by atoms with E-state index >= 15 is 0 Å². The molecule has 10 heteroatoms. The molecule has 8 nitrogen and oxygen atoms in total. The minimum atomic E-state index is -3.77. The first-order valence-electron chi connectivity index (χ1n) is 8.50. The van der Waals surface area contributed by atoms with E-state index in [0.717, 1.165) is 0 Å². The molecule has 1 aliphatic heterocycles. The van der Waals surface area contributed by atoms with Gasteiger partial charge in [-0.05, 0) is 36.4 Å². The lowest BCUT2D eigenvalue weighted by Crippen LogP contribution is -2.30. The van der Waals surface area contributed by atoms with Crippen LogP contribution < -0.4 is 9.62 Å². The van der Waals surface area contributed by atoms with E-state index in [2.05, 4.69) is 10.1 Å². The zero-order valence-corrected chi connectivity index (χ0v) is 17.1. The number of ether oxygens (including phenoxy) is 1. The smallest absolute Gasteiger partial charge is 0.337 e. The fourth-order valence-corrected chi connectivity index (χ4v) is 5.01. The molecular weight excluding hydrogens is 420 g/mol. The summed E-state index contributed by atoms with van der Waals surface area (Å²) >= 11 is 6.18. The third-order valence-corrected chi connectivity index (χ3v) is 6.51. The number of esters is 1. The van der Waals surface area contributed by atoms with E-state index in [1.165, 1.54) is 44.4 Å². The van der Waals surface area contributed by atoms with Crippen molar-refractivity contribution < 1.29 is 27.5 Å². The van der Waals surface area contributed by atoms with E-state index in [9.17, 15) is 22.8 Å². The van der Waals surface area contributed by atoms with E-state index in [1.54, 1.807) is 12.1 Å². The maximum Gasteiger partial charge on any atom is 0.337 e. The number of carbonyl (C=O) groups is 3. The number of hydrogen-bond donors (Lipinski definition) is 1. The Morgan fingerprint density at radius 1 is 1.21 bits per heavy atom. The molecule has 1 aliphatic rings. The van der Waals surface area contributed by atoms with Crippen LogP contribution in [0.2, 0.25) is 5.02 Å². The average molecular weight is 437 g/mol. The highest BCUT2D eigenvalue weighted by Crippen LogP contribution is 2.31. The SMILES string of the molecule is COC(=O)c1cccc(NC(=O)c2ccc(N3C(=O)[C@@H](C)CS3(=O)=O)cc2Cl)c1. The molecule has 0 aromatic heterocycles. The molecule has 0 saturated carbocycles. The van der Waals surface area contributed by atoms with Gasteiger partial charge in [-0.3, -0.25) is 9.59 Å². The lowest BCUT2D eigenvalue weighted by molar-refractivity contribution is -0.119. The molecule has 0 bridgehead atoms. The monoisotopic (exact) mass is 436 g/mol. The van der Waals surface area contributed by atoms with Gasteiger partial charge in [0, 0.05) is 5.69 Å². The van der Waals surface area contributed by atoms with Gasteiger partial charge in [0.25, 0.3) is 5.91 Å². The highest BCUT2D eigenvalue weighted by molar-refractivity contribution is 7.94. The molecule has 2 aromatic carbocycles. The largest absolute Gasteiger partial charge is 0.465 e. The second kappa shape index (κ2) is 7.84. The summed E-state index contributed by atoms with van der Waals surface area (Å²) in [5.74, 6) is -2.58. The van der Waals surface area contributed by atoms with Crippen LogP contribution in [0.4, 0.5) is 11.4 Å². The molecule has 0 radical (unpaired) electrons. The second-order valence-corrected chi connectivity index (χ2v) is 8.74. The fourth-order valence-electron chi connectivity index (χ4n) is 2.94. The van der Waals surface area contributed by atoms with Crippen LogP contribution in [0.3, 0.4) is 0 Å². The summed E-state index contributed by atoms with van der Waals surface area (Å²) in [6, 6.07) is 10.1. The molecule has 3 rings (SSSR count). The third kappa shape index (κ3) is 4.10. The standard InChI is InChI=1S/C19H17ClN2O6S/c1-11-10-29(26,27)22(18(11)24)14-6-7-15(16(20)9-14)17(23)21-13-5-3-4-12(8-13)19(25)28-2/h3-9,11H,10H2,1-2H3,(H,21,23)/t11-/m0/s1. The Balaban J connectivity index is 1.85. The molecule has 0 aliphatic carbocycles. The molecule has 0 spiro atoms. The van der Waals surface area contributed by atoms with Gasteiger partial charge in [-0.2, -0.15) is 0 Å². The molecule has 2 amide bonds. The zero-order valence-electron chi connectivity index (χ0n) is 15.5. The Hall–Kier alpha value is -2.91. The van der Waals surface area contributed by atoms with Gasteiger partial charge < -0.3 is 10.1 Å². The highest BCUT2D eigenvalue weighted by Gasteiger charge is 2.42. The number of anilines is 2. The molecule has 1 atom stereocenters. The van der Waals surface area contributed by atoms with Crippen LogP contribution in [0.5, 0.6) is 0 Å². The molecule has 152 valence electrons. The van der Waals surface area contributed by atoms with Gasteiger partial charge in [0.05, 0.1) is 40.6 Å². The van der Waals surface area contributed by atoms with Gasteiger partial charge >= 0.3 is 5.97 Å². The number of sulfonamides is 1. The van der Waals surface area contributed by atoms with Crippen LogP contribution in [-0.2, 0) is 19.6 Å². The molecule has 1 saturated heterocycles. The van der Waals surface area contributed by atoms with Crippen LogP contribution in [-0.4, -0.2) is 39.1 Å². The fraction of sp³-hybridized carbons (Fsp3) is 0.211. The second-order valence-electron chi connectivity index (χ2n) is 6.47. The number of nitrogens with zero attached hydrogens (tertiary/aromatic N) is 1. The van der Waals surface area contributed by atoms with E-state index in [0.29, 0.717) is 9.99 Å². The number of benzene rings is 2. The zero-order chi connectivity index (χ0) is 21.3. The third-order valence-electron chi connectivity index (χ3n) is 4.33. The molecule has 1 fully saturated rings. The molecule has 0 unspecified atom stereocenters. The van der Waals surface area contributed by atoms with Gasteiger partial charge in [-0.25, -0.2) is 17.5 Å². The highest BCUT2D eigenvalue weighted by atomic mass is 35.5. The molecule has 1 N–H and O–H groups in total. The van der Waals surface area contributed by atoms with E-state index in [4.69, 9.17) is 11.6 Å². The first-order chi connectivity index (χ1) is 13.6. The van der Waals surface area contributed by atoms with Crippen molar-refractivity contribution in [2.45, 2.75) is 6.92 Å². The topological polar surface area (TPSA) is 110 Å². The van der Waals surface area contributed by atoms with Crippen LogP contribution in [0.25, 0.3) is 0 Å². The van der Waals surface area contributed by atoms with E-state index in [1.807, 2.05) is 0 Å². The maximum atomic E-state index is 12.6. The summed E-state index contributed by atoms with van der Waals surface area (Å²) in [6.45, 7) is 1.53. The van der Waals surface area contributed by atoms with Crippen molar-refractivity contribution in [3.63, 3.8) is 0 Å². The molecule has 1 heterocycles. The lowest BCUT2D eigenvalue weighted by atomic mass is 10.1. The van der Waals surface area contributed by atoms with Crippen LogP contribution in [0.1, 0.15) is 27.6 Å². The normalized spacial score (nSPS) is 17.8. The Labute approximate surface area is 172 Å². The van der Waals surface area contributed by atoms with Crippen molar-refractivity contribution in [3.8, 4) is 0 Å².